The molecule has 0 radical (unpaired) electrons. The molecular formula is C13H17NO. The molecule has 1 aromatic carbocycles. The van der Waals surface area contributed by atoms with Crippen molar-refractivity contribution in [1.82, 2.24) is 0 Å². The molecule has 0 aromatic heterocycles. The molecule has 1 saturated carbocycles. The van der Waals surface area contributed by atoms with Crippen LogP contribution in [0.4, 0.5) is 5.69 Å². The first kappa shape index (κ1) is 10.2. The predicted molar refractivity (Wildman–Crippen MR) is 61.8 cm³/mol. The van der Waals surface area contributed by atoms with E-state index in [2.05, 4.69) is 25.2 Å². The number of hydrogen-bond donors (Lipinski definition) is 1. The van der Waals surface area contributed by atoms with E-state index in [1.54, 1.807) is 0 Å². The number of carbonyl (C=O) groups is 1. The van der Waals surface area contributed by atoms with Crippen molar-refractivity contribution in [3.63, 3.8) is 0 Å². The molecular weight excluding hydrogens is 186 g/mol. The van der Waals surface area contributed by atoms with Crippen LogP contribution in [-0.2, 0) is 4.79 Å². The van der Waals surface area contributed by atoms with E-state index >= 15 is 0 Å². The van der Waals surface area contributed by atoms with Crippen LogP contribution in [0.5, 0.6) is 0 Å². The smallest absolute Gasteiger partial charge is 0.227 e. The molecule has 0 saturated heterocycles. The summed E-state index contributed by atoms with van der Waals surface area (Å²) in [6, 6.07) is 6.10. The van der Waals surface area contributed by atoms with Gasteiger partial charge in [-0.1, -0.05) is 24.6 Å². The van der Waals surface area contributed by atoms with Crippen molar-refractivity contribution in [1.29, 1.82) is 0 Å². The Morgan fingerprint density at radius 2 is 2.07 bits per heavy atom. The second-order valence-corrected chi connectivity index (χ2v) is 4.63. The molecule has 0 spiro atoms. The minimum Gasteiger partial charge on any atom is -0.326 e. The molecule has 1 fully saturated rings. The molecule has 1 amide bonds. The lowest BCUT2D eigenvalue weighted by atomic mass is 10.1. The van der Waals surface area contributed by atoms with Gasteiger partial charge in [0.05, 0.1) is 0 Å². The van der Waals surface area contributed by atoms with Gasteiger partial charge in [0.15, 0.2) is 0 Å². The van der Waals surface area contributed by atoms with Gasteiger partial charge in [-0.25, -0.2) is 0 Å². The SMILES string of the molecule is Cc1ccc(NC(=O)[C@H]2C[C@H]2C)c(C)c1. The maximum Gasteiger partial charge on any atom is 0.227 e. The van der Waals surface area contributed by atoms with Crippen molar-refractivity contribution in [2.24, 2.45) is 11.8 Å². The fourth-order valence-corrected chi connectivity index (χ4v) is 1.87. The second kappa shape index (κ2) is 3.69. The van der Waals surface area contributed by atoms with Crippen LogP contribution in [0.3, 0.4) is 0 Å². The number of nitrogens with one attached hydrogen (secondary N) is 1. The summed E-state index contributed by atoms with van der Waals surface area (Å²) in [7, 11) is 0. The number of anilines is 1. The molecule has 2 rings (SSSR count). The van der Waals surface area contributed by atoms with Gasteiger partial charge in [0.25, 0.3) is 0 Å². The highest BCUT2D eigenvalue weighted by Gasteiger charge is 2.39. The van der Waals surface area contributed by atoms with Gasteiger partial charge >= 0.3 is 0 Å². The molecule has 0 unspecified atom stereocenters. The average molecular weight is 203 g/mol. The standard InChI is InChI=1S/C13H17NO/c1-8-4-5-12(10(3)6-8)14-13(15)11-7-9(11)2/h4-6,9,11H,7H2,1-3H3,(H,14,15)/t9-,11+/m1/s1. The highest BCUT2D eigenvalue weighted by atomic mass is 16.2. The molecule has 0 heterocycles. The third kappa shape index (κ3) is 2.20. The zero-order valence-electron chi connectivity index (χ0n) is 9.50. The zero-order valence-corrected chi connectivity index (χ0v) is 9.50. The van der Waals surface area contributed by atoms with Crippen LogP contribution in [-0.4, -0.2) is 5.91 Å². The highest BCUT2D eigenvalue weighted by molar-refractivity contribution is 5.95. The Bertz CT molecular complexity index is 398. The van der Waals surface area contributed by atoms with Crippen molar-refractivity contribution in [2.75, 3.05) is 5.32 Å². The van der Waals surface area contributed by atoms with E-state index in [-0.39, 0.29) is 11.8 Å². The van der Waals surface area contributed by atoms with E-state index in [0.29, 0.717) is 5.92 Å². The van der Waals surface area contributed by atoms with Gasteiger partial charge in [0.2, 0.25) is 5.91 Å². The summed E-state index contributed by atoms with van der Waals surface area (Å²) in [6.45, 7) is 6.20. The predicted octanol–water partition coefficient (Wildman–Crippen LogP) is 2.90. The Kier molecular flexibility index (Phi) is 2.51. The van der Waals surface area contributed by atoms with Gasteiger partial charge in [0, 0.05) is 11.6 Å². The summed E-state index contributed by atoms with van der Waals surface area (Å²) in [5.41, 5.74) is 3.31. The summed E-state index contributed by atoms with van der Waals surface area (Å²) < 4.78 is 0. The lowest BCUT2D eigenvalue weighted by Gasteiger charge is -2.08. The van der Waals surface area contributed by atoms with Crippen LogP contribution in [0.25, 0.3) is 0 Å². The van der Waals surface area contributed by atoms with Crippen molar-refractivity contribution in [2.45, 2.75) is 27.2 Å². The first-order valence-electron chi connectivity index (χ1n) is 5.46. The molecule has 1 aliphatic carbocycles. The van der Waals surface area contributed by atoms with Gasteiger partial charge < -0.3 is 5.32 Å². The first-order valence-corrected chi connectivity index (χ1v) is 5.46. The number of carbonyl (C=O) groups excluding carboxylic acids is 1. The maximum atomic E-state index is 11.7. The summed E-state index contributed by atoms with van der Waals surface area (Å²) >= 11 is 0. The Morgan fingerprint density at radius 1 is 1.40 bits per heavy atom. The molecule has 80 valence electrons. The normalized spacial score (nSPS) is 23.7. The number of hydrogen-bond acceptors (Lipinski definition) is 1. The number of rotatable bonds is 2. The Balaban J connectivity index is 2.07. The molecule has 2 heteroatoms. The summed E-state index contributed by atoms with van der Waals surface area (Å²) in [5, 5.41) is 2.99. The van der Waals surface area contributed by atoms with Crippen LogP contribution in [0.2, 0.25) is 0 Å². The van der Waals surface area contributed by atoms with Gasteiger partial charge in [-0.05, 0) is 37.8 Å². The van der Waals surface area contributed by atoms with Gasteiger partial charge in [0.1, 0.15) is 0 Å². The van der Waals surface area contributed by atoms with E-state index in [1.165, 1.54) is 5.56 Å². The largest absolute Gasteiger partial charge is 0.326 e. The molecule has 0 aliphatic heterocycles. The fraction of sp³-hybridized carbons (Fsp3) is 0.462. The van der Waals surface area contributed by atoms with Gasteiger partial charge in [-0.15, -0.1) is 0 Å². The summed E-state index contributed by atoms with van der Waals surface area (Å²) in [6.07, 6.45) is 1.04. The molecule has 1 aliphatic rings. The van der Waals surface area contributed by atoms with E-state index < -0.39 is 0 Å². The third-order valence-electron chi connectivity index (χ3n) is 3.09. The van der Waals surface area contributed by atoms with Crippen LogP contribution in [0.1, 0.15) is 24.5 Å². The summed E-state index contributed by atoms with van der Waals surface area (Å²) in [5.74, 6) is 0.982. The topological polar surface area (TPSA) is 29.1 Å². The lowest BCUT2D eigenvalue weighted by molar-refractivity contribution is -0.117. The highest BCUT2D eigenvalue weighted by Crippen LogP contribution is 2.38. The molecule has 2 nitrogen and oxygen atoms in total. The molecule has 1 aromatic rings. The maximum absolute atomic E-state index is 11.7. The molecule has 2 atom stereocenters. The number of aryl methyl sites for hydroxylation is 2. The zero-order chi connectivity index (χ0) is 11.0. The third-order valence-corrected chi connectivity index (χ3v) is 3.09. The monoisotopic (exact) mass is 203 g/mol. The van der Waals surface area contributed by atoms with E-state index in [4.69, 9.17) is 0 Å². The lowest BCUT2D eigenvalue weighted by Crippen LogP contribution is -2.15. The van der Waals surface area contributed by atoms with E-state index in [0.717, 1.165) is 17.7 Å². The van der Waals surface area contributed by atoms with Crippen molar-refractivity contribution in [3.05, 3.63) is 29.3 Å². The van der Waals surface area contributed by atoms with Crippen molar-refractivity contribution < 1.29 is 4.79 Å². The van der Waals surface area contributed by atoms with Crippen molar-refractivity contribution >= 4 is 11.6 Å². The second-order valence-electron chi connectivity index (χ2n) is 4.63. The Morgan fingerprint density at radius 3 is 2.60 bits per heavy atom. The van der Waals surface area contributed by atoms with Crippen LogP contribution < -0.4 is 5.32 Å². The average Bonchev–Trinajstić information content (AvgIpc) is 2.88. The minimum atomic E-state index is 0.175. The van der Waals surface area contributed by atoms with Crippen LogP contribution >= 0.6 is 0 Å². The van der Waals surface area contributed by atoms with Crippen LogP contribution in [0.15, 0.2) is 18.2 Å². The van der Waals surface area contributed by atoms with E-state index in [1.807, 2.05) is 19.1 Å². The Labute approximate surface area is 90.7 Å². The van der Waals surface area contributed by atoms with Crippen molar-refractivity contribution in [3.8, 4) is 0 Å². The van der Waals surface area contributed by atoms with E-state index in [9.17, 15) is 4.79 Å². The molecule has 1 N–H and O–H groups in total. The number of benzene rings is 1. The fourth-order valence-electron chi connectivity index (χ4n) is 1.87. The number of amides is 1. The van der Waals surface area contributed by atoms with Crippen LogP contribution in [0, 0.1) is 25.7 Å². The van der Waals surface area contributed by atoms with Gasteiger partial charge in [-0.2, -0.15) is 0 Å². The molecule has 0 bridgehead atoms. The minimum absolute atomic E-state index is 0.175. The first-order chi connectivity index (χ1) is 7.08. The summed E-state index contributed by atoms with van der Waals surface area (Å²) in [4.78, 5) is 11.7. The molecule has 15 heavy (non-hydrogen) atoms. The van der Waals surface area contributed by atoms with Gasteiger partial charge in [-0.3, -0.25) is 4.79 Å². The quantitative estimate of drug-likeness (QED) is 0.786. The Hall–Kier alpha value is -1.31.